The first kappa shape index (κ1) is 11.4. The zero-order valence-corrected chi connectivity index (χ0v) is 10.3. The van der Waals surface area contributed by atoms with Gasteiger partial charge in [-0.2, -0.15) is 0 Å². The van der Waals surface area contributed by atoms with E-state index < -0.39 is 8.60 Å². The van der Waals surface area contributed by atoms with Crippen LogP contribution in [0, 0.1) is 0 Å². The Morgan fingerprint density at radius 3 is 2.33 bits per heavy atom. The normalized spacial score (nSPS) is 11.3. The molecular formula is C14H11O3P. The summed E-state index contributed by atoms with van der Waals surface area (Å²) >= 11 is 0. The summed E-state index contributed by atoms with van der Waals surface area (Å²) in [5.74, 6) is 0.495. The number of fused-ring (bicyclic) bond motifs is 3. The second-order valence-corrected chi connectivity index (χ2v) is 4.67. The fraction of sp³-hybridized carbons (Fsp3) is 0. The zero-order valence-electron chi connectivity index (χ0n) is 9.45. The molecule has 3 aromatic rings. The Labute approximate surface area is 105 Å². The van der Waals surface area contributed by atoms with E-state index >= 15 is 0 Å². The standard InChI is InChI=1S/C14H11O3P/c15-18(16)17-14-7-3-6-12-11-5-2-1-4-10(11)8-9-13(12)14/h1-9,15-16H. The molecule has 0 saturated carbocycles. The predicted molar refractivity (Wildman–Crippen MR) is 73.4 cm³/mol. The van der Waals surface area contributed by atoms with Crippen LogP contribution in [0.1, 0.15) is 0 Å². The highest BCUT2D eigenvalue weighted by molar-refractivity contribution is 7.39. The summed E-state index contributed by atoms with van der Waals surface area (Å²) in [5, 5.41) is 4.20. The van der Waals surface area contributed by atoms with Gasteiger partial charge in [0, 0.05) is 5.39 Å². The van der Waals surface area contributed by atoms with E-state index in [2.05, 4.69) is 0 Å². The van der Waals surface area contributed by atoms with Gasteiger partial charge in [-0.1, -0.05) is 48.5 Å². The summed E-state index contributed by atoms with van der Waals surface area (Å²) in [7, 11) is -2.39. The molecule has 0 saturated heterocycles. The maximum atomic E-state index is 8.98. The van der Waals surface area contributed by atoms with Crippen molar-refractivity contribution in [3.63, 3.8) is 0 Å². The van der Waals surface area contributed by atoms with Crippen LogP contribution in [-0.2, 0) is 0 Å². The third-order valence-corrected chi connectivity index (χ3v) is 3.29. The van der Waals surface area contributed by atoms with Crippen molar-refractivity contribution in [2.45, 2.75) is 0 Å². The second kappa shape index (κ2) is 4.54. The third kappa shape index (κ3) is 1.93. The number of hydrogen-bond acceptors (Lipinski definition) is 3. The molecular weight excluding hydrogens is 247 g/mol. The van der Waals surface area contributed by atoms with Crippen molar-refractivity contribution < 1.29 is 14.3 Å². The lowest BCUT2D eigenvalue weighted by molar-refractivity contribution is 0.377. The Bertz CT molecular complexity index is 710. The molecule has 3 nitrogen and oxygen atoms in total. The molecule has 0 aliphatic carbocycles. The Morgan fingerprint density at radius 2 is 1.50 bits per heavy atom. The first-order chi connectivity index (χ1) is 8.75. The highest BCUT2D eigenvalue weighted by Crippen LogP contribution is 2.36. The summed E-state index contributed by atoms with van der Waals surface area (Å²) in [6, 6.07) is 17.6. The van der Waals surface area contributed by atoms with Crippen molar-refractivity contribution in [2.75, 3.05) is 0 Å². The second-order valence-electron chi connectivity index (χ2n) is 3.98. The van der Waals surface area contributed by atoms with Gasteiger partial charge in [0.1, 0.15) is 5.75 Å². The summed E-state index contributed by atoms with van der Waals surface area (Å²) in [4.78, 5) is 18.0. The van der Waals surface area contributed by atoms with E-state index in [0.717, 1.165) is 21.5 Å². The molecule has 0 unspecified atom stereocenters. The molecule has 0 spiro atoms. The molecule has 0 bridgehead atoms. The molecule has 0 aliphatic heterocycles. The van der Waals surface area contributed by atoms with Gasteiger partial charge < -0.3 is 14.3 Å². The molecule has 4 heteroatoms. The number of benzene rings is 3. The molecule has 0 amide bonds. The molecule has 0 aromatic heterocycles. The van der Waals surface area contributed by atoms with Gasteiger partial charge in [-0.3, -0.25) is 0 Å². The molecule has 90 valence electrons. The van der Waals surface area contributed by atoms with Gasteiger partial charge in [-0.15, -0.1) is 0 Å². The molecule has 0 aliphatic rings. The first-order valence-electron chi connectivity index (χ1n) is 5.52. The molecule has 18 heavy (non-hydrogen) atoms. The predicted octanol–water partition coefficient (Wildman–Crippen LogP) is 3.58. The topological polar surface area (TPSA) is 49.7 Å². The Kier molecular flexibility index (Phi) is 2.88. The van der Waals surface area contributed by atoms with Crippen LogP contribution in [0.2, 0.25) is 0 Å². The fourth-order valence-electron chi connectivity index (χ4n) is 2.18. The monoisotopic (exact) mass is 258 g/mol. The fourth-order valence-corrected chi connectivity index (χ4v) is 2.51. The van der Waals surface area contributed by atoms with E-state index in [4.69, 9.17) is 14.3 Å². The summed E-state index contributed by atoms with van der Waals surface area (Å²) in [6.07, 6.45) is 0. The maximum Gasteiger partial charge on any atom is 0.391 e. The van der Waals surface area contributed by atoms with Gasteiger partial charge in [-0.25, -0.2) is 0 Å². The van der Waals surface area contributed by atoms with Gasteiger partial charge in [0.15, 0.2) is 0 Å². The Hall–Kier alpha value is -1.67. The van der Waals surface area contributed by atoms with E-state index in [1.54, 1.807) is 6.07 Å². The van der Waals surface area contributed by atoms with Crippen LogP contribution in [0.5, 0.6) is 5.75 Å². The van der Waals surface area contributed by atoms with Crippen LogP contribution < -0.4 is 4.52 Å². The smallest absolute Gasteiger partial charge is 0.391 e. The maximum absolute atomic E-state index is 8.98. The van der Waals surface area contributed by atoms with Crippen LogP contribution in [0.4, 0.5) is 0 Å². The number of rotatable bonds is 2. The highest BCUT2D eigenvalue weighted by atomic mass is 31.2. The quantitative estimate of drug-likeness (QED) is 0.545. The SMILES string of the molecule is OP(O)Oc1cccc2c1ccc1ccccc12. The van der Waals surface area contributed by atoms with Gasteiger partial charge in [0.2, 0.25) is 0 Å². The van der Waals surface area contributed by atoms with Crippen molar-refractivity contribution in [1.29, 1.82) is 0 Å². The molecule has 2 N–H and O–H groups in total. The van der Waals surface area contributed by atoms with Gasteiger partial charge in [0.25, 0.3) is 0 Å². The molecule has 0 radical (unpaired) electrons. The lowest BCUT2D eigenvalue weighted by atomic mass is 10.0. The zero-order chi connectivity index (χ0) is 12.5. The van der Waals surface area contributed by atoms with Crippen LogP contribution in [0.25, 0.3) is 21.5 Å². The van der Waals surface area contributed by atoms with Crippen LogP contribution >= 0.6 is 8.60 Å². The minimum Gasteiger partial charge on any atom is -0.426 e. The van der Waals surface area contributed by atoms with Gasteiger partial charge >= 0.3 is 8.60 Å². The highest BCUT2D eigenvalue weighted by Gasteiger charge is 2.08. The van der Waals surface area contributed by atoms with Crippen LogP contribution in [-0.4, -0.2) is 9.79 Å². The van der Waals surface area contributed by atoms with Crippen molar-refractivity contribution in [2.24, 2.45) is 0 Å². The summed E-state index contributed by atoms with van der Waals surface area (Å²) in [6.45, 7) is 0. The van der Waals surface area contributed by atoms with E-state index in [1.165, 1.54) is 0 Å². The number of hydrogen-bond donors (Lipinski definition) is 2. The van der Waals surface area contributed by atoms with Crippen molar-refractivity contribution in [3.8, 4) is 5.75 Å². The lowest BCUT2D eigenvalue weighted by Crippen LogP contribution is -1.87. The van der Waals surface area contributed by atoms with Gasteiger partial charge in [0.05, 0.1) is 0 Å². The molecule has 0 atom stereocenters. The van der Waals surface area contributed by atoms with Crippen LogP contribution in [0.15, 0.2) is 54.6 Å². The average Bonchev–Trinajstić information content (AvgIpc) is 2.38. The van der Waals surface area contributed by atoms with E-state index in [-0.39, 0.29) is 0 Å². The minimum atomic E-state index is -2.39. The first-order valence-corrected chi connectivity index (χ1v) is 6.68. The van der Waals surface area contributed by atoms with E-state index in [9.17, 15) is 0 Å². The molecule has 3 rings (SSSR count). The Morgan fingerprint density at radius 1 is 0.722 bits per heavy atom. The largest absolute Gasteiger partial charge is 0.426 e. The molecule has 0 fully saturated rings. The van der Waals surface area contributed by atoms with Crippen molar-refractivity contribution >= 4 is 30.1 Å². The van der Waals surface area contributed by atoms with E-state index in [0.29, 0.717) is 5.75 Å². The minimum absolute atomic E-state index is 0.495. The third-order valence-electron chi connectivity index (χ3n) is 2.93. The van der Waals surface area contributed by atoms with Gasteiger partial charge in [-0.05, 0) is 22.2 Å². The van der Waals surface area contributed by atoms with Crippen LogP contribution in [0.3, 0.4) is 0 Å². The molecule has 0 heterocycles. The summed E-state index contributed by atoms with van der Waals surface area (Å²) < 4.78 is 5.05. The van der Waals surface area contributed by atoms with Crippen molar-refractivity contribution in [3.05, 3.63) is 54.6 Å². The van der Waals surface area contributed by atoms with Crippen molar-refractivity contribution in [1.82, 2.24) is 0 Å². The Balaban J connectivity index is 2.32. The van der Waals surface area contributed by atoms with E-state index in [1.807, 2.05) is 48.5 Å². The lowest BCUT2D eigenvalue weighted by Gasteiger charge is -2.10. The summed E-state index contributed by atoms with van der Waals surface area (Å²) in [5.41, 5.74) is 0. The molecule has 3 aromatic carbocycles. The average molecular weight is 258 g/mol.